The fraction of sp³-hybridized carbons (Fsp3) is 0.308. The molecule has 0 aliphatic heterocycles. The second kappa shape index (κ2) is 5.89. The lowest BCUT2D eigenvalue weighted by atomic mass is 10.1. The molecule has 1 N–H and O–H groups in total. The number of carboxylic acids is 1. The summed E-state index contributed by atoms with van der Waals surface area (Å²) < 4.78 is 80.8. The van der Waals surface area contributed by atoms with E-state index in [0.717, 1.165) is 6.07 Å². The maximum absolute atomic E-state index is 13.9. The van der Waals surface area contributed by atoms with Crippen LogP contribution in [0.5, 0.6) is 0 Å². The summed E-state index contributed by atoms with van der Waals surface area (Å²) in [5, 5.41) is 8.77. The molecule has 0 saturated heterocycles. The molecule has 0 unspecified atom stereocenters. The minimum absolute atomic E-state index is 0.203. The summed E-state index contributed by atoms with van der Waals surface area (Å²) in [5.41, 5.74) is -3.34. The van der Waals surface area contributed by atoms with Gasteiger partial charge < -0.3 is 9.84 Å². The Morgan fingerprint density at radius 3 is 2.38 bits per heavy atom. The summed E-state index contributed by atoms with van der Waals surface area (Å²) in [6, 6.07) is 1.47. The number of ether oxygens (including phenoxy) is 1. The van der Waals surface area contributed by atoms with E-state index in [4.69, 9.17) is 5.11 Å². The largest absolute Gasteiger partial charge is 0.478 e. The van der Waals surface area contributed by atoms with Crippen LogP contribution in [-0.4, -0.2) is 33.8 Å². The van der Waals surface area contributed by atoms with E-state index in [1.807, 2.05) is 0 Å². The highest BCUT2D eigenvalue weighted by molar-refractivity contribution is 5.93. The first-order chi connectivity index (χ1) is 10.9. The number of fused-ring (bicyclic) bond motifs is 1. The molecule has 0 aromatic carbocycles. The first kappa shape index (κ1) is 17.9. The molecular formula is C13H8F6N2O3. The molecule has 0 fully saturated rings. The van der Waals surface area contributed by atoms with Gasteiger partial charge >= 0.3 is 18.3 Å². The van der Waals surface area contributed by atoms with Crippen LogP contribution in [0.15, 0.2) is 12.1 Å². The van der Waals surface area contributed by atoms with Crippen LogP contribution in [0.3, 0.4) is 0 Å². The molecule has 0 saturated carbocycles. The van der Waals surface area contributed by atoms with E-state index in [1.54, 1.807) is 0 Å². The summed E-state index contributed by atoms with van der Waals surface area (Å²) in [6.45, 7) is -1.10. The molecule has 0 aliphatic carbocycles. The normalized spacial score (nSPS) is 12.6. The zero-order valence-corrected chi connectivity index (χ0v) is 11.8. The van der Waals surface area contributed by atoms with Gasteiger partial charge in [0.2, 0.25) is 0 Å². The van der Waals surface area contributed by atoms with Gasteiger partial charge in [-0.3, -0.25) is 0 Å². The number of halogens is 6. The molecule has 24 heavy (non-hydrogen) atoms. The van der Waals surface area contributed by atoms with E-state index in [0.29, 0.717) is 6.07 Å². The lowest BCUT2D eigenvalue weighted by molar-refractivity contribution is -0.298. The van der Waals surface area contributed by atoms with Gasteiger partial charge in [-0.25, -0.2) is 19.2 Å². The number of aromatic nitrogens is 2. The number of alkyl halides is 5. The quantitative estimate of drug-likeness (QED) is 0.852. The maximum Gasteiger partial charge on any atom is 0.412 e. The molecule has 2 heterocycles. The van der Waals surface area contributed by atoms with Crippen molar-refractivity contribution in [2.24, 2.45) is 0 Å². The van der Waals surface area contributed by atoms with Crippen molar-refractivity contribution in [2.45, 2.75) is 19.2 Å². The number of hydrogen-bond donors (Lipinski definition) is 1. The Morgan fingerprint density at radius 1 is 1.21 bits per heavy atom. The van der Waals surface area contributed by atoms with E-state index in [1.165, 1.54) is 6.92 Å². The number of aryl methyl sites for hydroxylation is 1. The fourth-order valence-corrected chi connectivity index (χ4v) is 1.79. The van der Waals surface area contributed by atoms with Crippen molar-refractivity contribution < 1.29 is 41.0 Å². The van der Waals surface area contributed by atoms with Crippen LogP contribution in [-0.2, 0) is 10.8 Å². The molecule has 2 aromatic rings. The summed E-state index contributed by atoms with van der Waals surface area (Å²) in [7, 11) is 0. The Morgan fingerprint density at radius 2 is 1.83 bits per heavy atom. The van der Waals surface area contributed by atoms with Gasteiger partial charge in [0.25, 0.3) is 0 Å². The average molecular weight is 354 g/mol. The molecule has 11 heteroatoms. The topological polar surface area (TPSA) is 72.3 Å². The number of carbonyl (C=O) groups is 1. The zero-order chi connectivity index (χ0) is 18.3. The molecule has 0 amide bonds. The van der Waals surface area contributed by atoms with Crippen molar-refractivity contribution in [3.05, 3.63) is 34.9 Å². The minimum atomic E-state index is -5.05. The van der Waals surface area contributed by atoms with Crippen LogP contribution in [0.1, 0.15) is 21.7 Å². The van der Waals surface area contributed by atoms with Crippen molar-refractivity contribution >= 4 is 17.0 Å². The van der Waals surface area contributed by atoms with Crippen molar-refractivity contribution in [3.63, 3.8) is 0 Å². The van der Waals surface area contributed by atoms with Crippen molar-refractivity contribution in [2.75, 3.05) is 6.61 Å². The molecule has 0 atom stereocenters. The van der Waals surface area contributed by atoms with Crippen LogP contribution in [0.4, 0.5) is 26.3 Å². The SMILES string of the molecule is Cc1nc2nc(C(F)(F)OCC(F)(F)F)c(C(=O)O)cc2cc1F. The average Bonchev–Trinajstić information content (AvgIpc) is 2.44. The maximum atomic E-state index is 13.9. The summed E-state index contributed by atoms with van der Waals surface area (Å²) in [6.07, 6.45) is -9.69. The van der Waals surface area contributed by atoms with Crippen LogP contribution in [0, 0.1) is 12.7 Å². The standard InChI is InChI=1S/C13H8F6N2O3/c1-5-8(14)3-6-2-7(11(22)23)9(21-10(6)20-5)13(18,19)24-4-12(15,16)17/h2-3H,4H2,1H3,(H,22,23). The molecule has 5 nitrogen and oxygen atoms in total. The third-order valence-corrected chi connectivity index (χ3v) is 2.86. The fourth-order valence-electron chi connectivity index (χ4n) is 1.79. The second-order valence-corrected chi connectivity index (χ2v) is 4.71. The molecule has 2 rings (SSSR count). The van der Waals surface area contributed by atoms with E-state index < -0.39 is 47.6 Å². The Labute approximate surface area is 129 Å². The summed E-state index contributed by atoms with van der Waals surface area (Å²) >= 11 is 0. The highest BCUT2D eigenvalue weighted by atomic mass is 19.4. The summed E-state index contributed by atoms with van der Waals surface area (Å²) in [5.74, 6) is -2.72. The first-order valence-electron chi connectivity index (χ1n) is 6.21. The molecule has 130 valence electrons. The highest BCUT2D eigenvalue weighted by Crippen LogP contribution is 2.34. The summed E-state index contributed by atoms with van der Waals surface area (Å²) in [4.78, 5) is 17.9. The van der Waals surface area contributed by atoms with E-state index in [2.05, 4.69) is 14.7 Å². The van der Waals surface area contributed by atoms with E-state index in [-0.39, 0.29) is 11.1 Å². The molecule has 0 radical (unpaired) electrons. The number of pyridine rings is 2. The van der Waals surface area contributed by atoms with Crippen molar-refractivity contribution in [1.82, 2.24) is 9.97 Å². The van der Waals surface area contributed by atoms with Crippen molar-refractivity contribution in [3.8, 4) is 0 Å². The van der Waals surface area contributed by atoms with Gasteiger partial charge in [-0.05, 0) is 19.1 Å². The van der Waals surface area contributed by atoms with Crippen LogP contribution in [0.25, 0.3) is 11.0 Å². The minimum Gasteiger partial charge on any atom is -0.478 e. The second-order valence-electron chi connectivity index (χ2n) is 4.71. The number of hydrogen-bond acceptors (Lipinski definition) is 4. The Bertz CT molecular complexity index is 806. The lowest BCUT2D eigenvalue weighted by Gasteiger charge is -2.19. The van der Waals surface area contributed by atoms with Gasteiger partial charge in [0.05, 0.1) is 11.3 Å². The van der Waals surface area contributed by atoms with Gasteiger partial charge in [0, 0.05) is 5.39 Å². The van der Waals surface area contributed by atoms with Gasteiger partial charge in [0.15, 0.2) is 11.3 Å². The predicted octanol–water partition coefficient (Wildman–Crippen LogP) is 3.40. The Hall–Kier alpha value is -2.43. The predicted molar refractivity (Wildman–Crippen MR) is 67.1 cm³/mol. The van der Waals surface area contributed by atoms with Crippen LogP contribution < -0.4 is 0 Å². The highest BCUT2D eigenvalue weighted by Gasteiger charge is 2.43. The lowest BCUT2D eigenvalue weighted by Crippen LogP contribution is -2.29. The van der Waals surface area contributed by atoms with E-state index in [9.17, 15) is 31.1 Å². The Balaban J connectivity index is 2.60. The monoisotopic (exact) mass is 354 g/mol. The molecule has 2 aromatic heterocycles. The van der Waals surface area contributed by atoms with Gasteiger partial charge in [-0.2, -0.15) is 22.0 Å². The van der Waals surface area contributed by atoms with Gasteiger partial charge in [0.1, 0.15) is 12.4 Å². The zero-order valence-electron chi connectivity index (χ0n) is 11.8. The molecule has 0 bridgehead atoms. The van der Waals surface area contributed by atoms with E-state index >= 15 is 0 Å². The smallest absolute Gasteiger partial charge is 0.412 e. The van der Waals surface area contributed by atoms with Gasteiger partial charge in [-0.1, -0.05) is 0 Å². The van der Waals surface area contributed by atoms with Gasteiger partial charge in [-0.15, -0.1) is 0 Å². The number of aromatic carboxylic acids is 1. The molecule has 0 spiro atoms. The number of carboxylic acid groups (broad SMARTS) is 1. The van der Waals surface area contributed by atoms with Crippen LogP contribution >= 0.6 is 0 Å². The molecule has 0 aliphatic rings. The number of nitrogens with zero attached hydrogens (tertiary/aromatic N) is 2. The third kappa shape index (κ3) is 3.72. The van der Waals surface area contributed by atoms with Crippen LogP contribution in [0.2, 0.25) is 0 Å². The third-order valence-electron chi connectivity index (χ3n) is 2.86. The molecular weight excluding hydrogens is 346 g/mol. The Kier molecular flexibility index (Phi) is 4.40. The first-order valence-corrected chi connectivity index (χ1v) is 6.21. The van der Waals surface area contributed by atoms with Crippen molar-refractivity contribution in [1.29, 1.82) is 0 Å². The number of rotatable bonds is 4.